The van der Waals surface area contributed by atoms with E-state index in [0.29, 0.717) is 11.6 Å². The number of ether oxygens (including phenoxy) is 1. The van der Waals surface area contributed by atoms with Gasteiger partial charge in [0.25, 0.3) is 0 Å². The molecule has 150 valence electrons. The molecule has 29 heavy (non-hydrogen) atoms. The van der Waals surface area contributed by atoms with Crippen molar-refractivity contribution < 1.29 is 14.6 Å². The van der Waals surface area contributed by atoms with E-state index in [-0.39, 0.29) is 11.6 Å². The lowest BCUT2D eigenvalue weighted by atomic mass is 9.98. The van der Waals surface area contributed by atoms with Crippen LogP contribution in [-0.4, -0.2) is 22.7 Å². The van der Waals surface area contributed by atoms with Crippen molar-refractivity contribution in [1.29, 1.82) is 0 Å². The first-order valence-corrected chi connectivity index (χ1v) is 10.1. The number of fused-ring (bicyclic) bond motifs is 1. The number of aryl methyl sites for hydroxylation is 2. The Morgan fingerprint density at radius 3 is 2.72 bits per heavy atom. The summed E-state index contributed by atoms with van der Waals surface area (Å²) in [5.41, 5.74) is 4.88. The predicted octanol–water partition coefficient (Wildman–Crippen LogP) is 5.51. The van der Waals surface area contributed by atoms with Gasteiger partial charge in [0.05, 0.1) is 23.4 Å². The summed E-state index contributed by atoms with van der Waals surface area (Å²) < 4.78 is 6.04. The largest absolute Gasteiger partial charge is 0.491 e. The molecule has 1 atom stereocenters. The smallest absolute Gasteiger partial charge is 0.337 e. The Labute approximate surface area is 170 Å². The van der Waals surface area contributed by atoms with Crippen LogP contribution in [0.4, 0.5) is 5.69 Å². The molecule has 0 spiro atoms. The van der Waals surface area contributed by atoms with Crippen LogP contribution in [0.25, 0.3) is 10.9 Å². The summed E-state index contributed by atoms with van der Waals surface area (Å²) in [4.78, 5) is 16.3. The second kappa shape index (κ2) is 7.74. The summed E-state index contributed by atoms with van der Waals surface area (Å²) in [6, 6.07) is 13.2. The van der Waals surface area contributed by atoms with Crippen LogP contribution in [-0.2, 0) is 0 Å². The van der Waals surface area contributed by atoms with Crippen molar-refractivity contribution in [1.82, 2.24) is 4.98 Å². The SMILES string of the molecule is Cc1cc([C@H](C)Nc2ccccc2C(=O)O)c2cc(OCC3CC3)c(C)nc2c1. The monoisotopic (exact) mass is 390 g/mol. The third-order valence-electron chi connectivity index (χ3n) is 5.42. The van der Waals surface area contributed by atoms with Crippen LogP contribution in [0.5, 0.6) is 5.75 Å². The van der Waals surface area contributed by atoms with Crippen LogP contribution in [0.2, 0.25) is 0 Å². The van der Waals surface area contributed by atoms with Gasteiger partial charge in [0.1, 0.15) is 5.75 Å². The average molecular weight is 390 g/mol. The van der Waals surface area contributed by atoms with E-state index in [1.807, 2.05) is 19.9 Å². The molecule has 5 heteroatoms. The second-order valence-corrected chi connectivity index (χ2v) is 7.96. The van der Waals surface area contributed by atoms with Crippen molar-refractivity contribution in [2.75, 3.05) is 11.9 Å². The normalized spacial score (nSPS) is 14.6. The van der Waals surface area contributed by atoms with Crippen LogP contribution in [0.3, 0.4) is 0 Å². The number of nitrogens with zero attached hydrogens (tertiary/aromatic N) is 1. The maximum Gasteiger partial charge on any atom is 0.337 e. The zero-order valence-electron chi connectivity index (χ0n) is 17.0. The number of anilines is 1. The van der Waals surface area contributed by atoms with Crippen molar-refractivity contribution in [3.05, 3.63) is 64.8 Å². The number of pyridine rings is 1. The summed E-state index contributed by atoms with van der Waals surface area (Å²) >= 11 is 0. The van der Waals surface area contributed by atoms with E-state index in [4.69, 9.17) is 9.72 Å². The lowest BCUT2D eigenvalue weighted by molar-refractivity contribution is 0.0698. The molecule has 0 amide bonds. The van der Waals surface area contributed by atoms with E-state index >= 15 is 0 Å². The molecule has 3 aromatic rings. The highest BCUT2D eigenvalue weighted by Gasteiger charge is 2.23. The van der Waals surface area contributed by atoms with Gasteiger partial charge in [-0.05, 0) is 74.9 Å². The number of para-hydroxylation sites is 1. The van der Waals surface area contributed by atoms with E-state index < -0.39 is 5.97 Å². The average Bonchev–Trinajstić information content (AvgIpc) is 3.50. The van der Waals surface area contributed by atoms with Gasteiger partial charge >= 0.3 is 5.97 Å². The van der Waals surface area contributed by atoms with Gasteiger partial charge in [0.2, 0.25) is 0 Å². The standard InChI is InChI=1S/C24H26N2O3/c1-14-10-19(15(2)25-21-7-5-4-6-18(21)24(27)28)20-12-23(29-13-17-8-9-17)16(3)26-22(20)11-14/h4-7,10-12,15,17,25H,8-9,13H2,1-3H3,(H,27,28)/t15-/m0/s1. The molecular weight excluding hydrogens is 364 g/mol. The Kier molecular flexibility index (Phi) is 5.14. The minimum atomic E-state index is -0.942. The summed E-state index contributed by atoms with van der Waals surface area (Å²) in [5.74, 6) is 0.561. The Hall–Kier alpha value is -3.08. The molecule has 2 N–H and O–H groups in total. The van der Waals surface area contributed by atoms with E-state index in [1.54, 1.807) is 18.2 Å². The molecule has 0 saturated heterocycles. The molecule has 1 heterocycles. The first-order valence-electron chi connectivity index (χ1n) is 10.1. The number of benzene rings is 2. The first kappa shape index (κ1) is 19.2. The number of hydrogen-bond acceptors (Lipinski definition) is 4. The third-order valence-corrected chi connectivity index (χ3v) is 5.42. The van der Waals surface area contributed by atoms with Crippen LogP contribution < -0.4 is 10.1 Å². The maximum atomic E-state index is 11.6. The number of hydrogen-bond donors (Lipinski definition) is 2. The molecule has 4 rings (SSSR count). The molecule has 5 nitrogen and oxygen atoms in total. The molecule has 1 aliphatic rings. The van der Waals surface area contributed by atoms with Crippen molar-refractivity contribution in [3.8, 4) is 5.75 Å². The molecule has 0 unspecified atom stereocenters. The zero-order valence-corrected chi connectivity index (χ0v) is 17.0. The fourth-order valence-electron chi connectivity index (χ4n) is 3.63. The number of nitrogens with one attached hydrogen (secondary N) is 1. The third kappa shape index (κ3) is 4.19. The highest BCUT2D eigenvalue weighted by atomic mass is 16.5. The van der Waals surface area contributed by atoms with Crippen molar-refractivity contribution in [3.63, 3.8) is 0 Å². The van der Waals surface area contributed by atoms with Crippen LogP contribution >= 0.6 is 0 Å². The molecule has 0 bridgehead atoms. The Bertz CT molecular complexity index is 1070. The maximum absolute atomic E-state index is 11.6. The number of carboxylic acids is 1. The number of aromatic nitrogens is 1. The summed E-state index contributed by atoms with van der Waals surface area (Å²) in [6.07, 6.45) is 2.49. The van der Waals surface area contributed by atoms with Gasteiger partial charge in [-0.1, -0.05) is 18.2 Å². The fourth-order valence-corrected chi connectivity index (χ4v) is 3.63. The predicted molar refractivity (Wildman–Crippen MR) is 115 cm³/mol. The second-order valence-electron chi connectivity index (χ2n) is 7.96. The number of aromatic carboxylic acids is 1. The van der Waals surface area contributed by atoms with E-state index in [2.05, 4.69) is 30.4 Å². The molecule has 1 aromatic heterocycles. The van der Waals surface area contributed by atoms with Crippen molar-refractivity contribution >= 4 is 22.6 Å². The minimum Gasteiger partial charge on any atom is -0.491 e. The van der Waals surface area contributed by atoms with Gasteiger partial charge in [0.15, 0.2) is 0 Å². The van der Waals surface area contributed by atoms with Crippen molar-refractivity contribution in [2.24, 2.45) is 5.92 Å². The molecule has 0 radical (unpaired) electrons. The Morgan fingerprint density at radius 2 is 2.00 bits per heavy atom. The van der Waals surface area contributed by atoms with E-state index in [9.17, 15) is 9.90 Å². The van der Waals surface area contributed by atoms with Crippen LogP contribution in [0.15, 0.2) is 42.5 Å². The number of rotatable bonds is 7. The number of carboxylic acid groups (broad SMARTS) is 1. The molecule has 0 aliphatic heterocycles. The first-order chi connectivity index (χ1) is 13.9. The molecule has 1 aliphatic carbocycles. The zero-order chi connectivity index (χ0) is 20.5. The van der Waals surface area contributed by atoms with Gasteiger partial charge in [-0.15, -0.1) is 0 Å². The highest BCUT2D eigenvalue weighted by molar-refractivity contribution is 5.94. The molecule has 2 aromatic carbocycles. The molecular formula is C24H26N2O3. The Balaban J connectivity index is 1.71. The lowest BCUT2D eigenvalue weighted by Crippen LogP contribution is -2.11. The Morgan fingerprint density at radius 1 is 1.24 bits per heavy atom. The summed E-state index contributed by atoms with van der Waals surface area (Å²) in [7, 11) is 0. The fraction of sp³-hybridized carbons (Fsp3) is 0.333. The van der Waals surface area contributed by atoms with Crippen LogP contribution in [0, 0.1) is 19.8 Å². The number of carbonyl (C=O) groups is 1. The van der Waals surface area contributed by atoms with E-state index in [0.717, 1.165) is 40.1 Å². The summed E-state index contributed by atoms with van der Waals surface area (Å²) in [6.45, 7) is 6.82. The van der Waals surface area contributed by atoms with Gasteiger partial charge in [0, 0.05) is 17.1 Å². The summed E-state index contributed by atoms with van der Waals surface area (Å²) in [5, 5.41) is 13.9. The van der Waals surface area contributed by atoms with Gasteiger partial charge < -0.3 is 15.2 Å². The molecule has 1 fully saturated rings. The quantitative estimate of drug-likeness (QED) is 0.556. The van der Waals surface area contributed by atoms with Gasteiger partial charge in [-0.2, -0.15) is 0 Å². The molecule has 1 saturated carbocycles. The van der Waals surface area contributed by atoms with Gasteiger partial charge in [-0.25, -0.2) is 9.78 Å². The van der Waals surface area contributed by atoms with Crippen LogP contribution in [0.1, 0.15) is 53.0 Å². The minimum absolute atomic E-state index is 0.0984. The van der Waals surface area contributed by atoms with Gasteiger partial charge in [-0.3, -0.25) is 0 Å². The highest BCUT2D eigenvalue weighted by Crippen LogP contribution is 2.34. The van der Waals surface area contributed by atoms with E-state index in [1.165, 1.54) is 12.8 Å². The lowest BCUT2D eigenvalue weighted by Gasteiger charge is -2.20. The topological polar surface area (TPSA) is 71.5 Å². The van der Waals surface area contributed by atoms with Crippen molar-refractivity contribution in [2.45, 2.75) is 39.7 Å².